The van der Waals surface area contributed by atoms with Crippen molar-refractivity contribution in [2.45, 2.75) is 0 Å². The summed E-state index contributed by atoms with van der Waals surface area (Å²) in [7, 11) is 0. The van der Waals surface area contributed by atoms with Crippen LogP contribution in [-0.4, -0.2) is 6.29 Å². The Balaban J connectivity index is 2.10. The molecule has 22 heavy (non-hydrogen) atoms. The fraction of sp³-hybridized carbons (Fsp3) is 0. The Morgan fingerprint density at radius 2 is 1.73 bits per heavy atom. The summed E-state index contributed by atoms with van der Waals surface area (Å²) in [5, 5.41) is 1.47. The molecular weight excluding hydrogens is 280 g/mol. The molecule has 4 nitrogen and oxygen atoms in total. The van der Waals surface area contributed by atoms with Gasteiger partial charge in [-0.1, -0.05) is 30.3 Å². The summed E-state index contributed by atoms with van der Waals surface area (Å²) in [6.07, 6.45) is 2.32. The Morgan fingerprint density at radius 1 is 0.909 bits per heavy atom. The van der Waals surface area contributed by atoms with Gasteiger partial charge in [-0.15, -0.1) is 0 Å². The van der Waals surface area contributed by atoms with Crippen LogP contribution in [0.25, 0.3) is 33.1 Å². The lowest BCUT2D eigenvalue weighted by atomic mass is 10.0. The van der Waals surface area contributed by atoms with E-state index < -0.39 is 5.63 Å². The van der Waals surface area contributed by atoms with E-state index in [1.54, 1.807) is 12.3 Å². The summed E-state index contributed by atoms with van der Waals surface area (Å²) >= 11 is 0. The molecule has 0 spiro atoms. The first-order valence-corrected chi connectivity index (χ1v) is 6.76. The lowest BCUT2D eigenvalue weighted by molar-refractivity contribution is 0.112. The van der Waals surface area contributed by atoms with Gasteiger partial charge < -0.3 is 8.83 Å². The molecule has 2 heterocycles. The van der Waals surface area contributed by atoms with Crippen LogP contribution < -0.4 is 5.63 Å². The third-order valence-corrected chi connectivity index (χ3v) is 3.68. The first kappa shape index (κ1) is 12.6. The molecule has 0 fully saturated rings. The van der Waals surface area contributed by atoms with E-state index >= 15 is 0 Å². The Kier molecular flexibility index (Phi) is 2.69. The summed E-state index contributed by atoms with van der Waals surface area (Å²) in [6, 6.07) is 14.5. The van der Waals surface area contributed by atoms with Gasteiger partial charge in [-0.3, -0.25) is 4.79 Å². The maximum atomic E-state index is 11.5. The Hall–Kier alpha value is -3.14. The molecule has 0 aliphatic heterocycles. The van der Waals surface area contributed by atoms with Gasteiger partial charge in [0.15, 0.2) is 6.29 Å². The molecule has 0 unspecified atom stereocenters. The van der Waals surface area contributed by atoms with Gasteiger partial charge in [-0.05, 0) is 11.6 Å². The van der Waals surface area contributed by atoms with E-state index in [4.69, 9.17) is 8.83 Å². The number of carbonyl (C=O) groups is 1. The summed E-state index contributed by atoms with van der Waals surface area (Å²) in [4.78, 5) is 22.7. The van der Waals surface area contributed by atoms with Crippen LogP contribution in [-0.2, 0) is 0 Å². The SMILES string of the molecule is O=Cc1cc(=O)oc2cc3occ(-c4ccccc4)c3cc12. The van der Waals surface area contributed by atoms with Crippen molar-refractivity contribution in [3.05, 3.63) is 70.8 Å². The fourth-order valence-electron chi connectivity index (χ4n) is 2.65. The van der Waals surface area contributed by atoms with Crippen molar-refractivity contribution in [2.75, 3.05) is 0 Å². The molecule has 0 amide bonds. The van der Waals surface area contributed by atoms with E-state index in [1.807, 2.05) is 36.4 Å². The van der Waals surface area contributed by atoms with Crippen LogP contribution in [0.3, 0.4) is 0 Å². The average Bonchev–Trinajstić information content (AvgIpc) is 2.95. The predicted molar refractivity (Wildman–Crippen MR) is 83.1 cm³/mol. The molecule has 2 aromatic carbocycles. The van der Waals surface area contributed by atoms with Crippen molar-refractivity contribution >= 4 is 28.2 Å². The smallest absolute Gasteiger partial charge is 0.336 e. The molecule has 0 N–H and O–H groups in total. The standard InChI is InChI=1S/C18H10O4/c19-9-12-6-18(20)22-17-8-16-14(7-13(12)17)15(10-21-16)11-4-2-1-3-5-11/h1-10H. The number of aldehydes is 1. The van der Waals surface area contributed by atoms with E-state index in [-0.39, 0.29) is 0 Å². The van der Waals surface area contributed by atoms with Gasteiger partial charge in [0.2, 0.25) is 0 Å². The highest BCUT2D eigenvalue weighted by atomic mass is 16.4. The lowest BCUT2D eigenvalue weighted by Gasteiger charge is -2.01. The zero-order chi connectivity index (χ0) is 15.1. The highest BCUT2D eigenvalue weighted by Gasteiger charge is 2.12. The third kappa shape index (κ3) is 1.85. The van der Waals surface area contributed by atoms with Gasteiger partial charge >= 0.3 is 5.63 Å². The Labute approximate surface area is 124 Å². The van der Waals surface area contributed by atoms with Gasteiger partial charge in [0.25, 0.3) is 0 Å². The minimum Gasteiger partial charge on any atom is -0.464 e. The number of carbonyl (C=O) groups excluding carboxylic acids is 1. The van der Waals surface area contributed by atoms with Crippen molar-refractivity contribution in [3.8, 4) is 11.1 Å². The van der Waals surface area contributed by atoms with Crippen LogP contribution in [0.5, 0.6) is 0 Å². The molecule has 0 radical (unpaired) electrons. The average molecular weight is 290 g/mol. The summed E-state index contributed by atoms with van der Waals surface area (Å²) in [5.41, 5.74) is 2.66. The quantitative estimate of drug-likeness (QED) is 0.413. The fourth-order valence-corrected chi connectivity index (χ4v) is 2.65. The van der Waals surface area contributed by atoms with Gasteiger partial charge in [0, 0.05) is 34.0 Å². The normalized spacial score (nSPS) is 11.1. The van der Waals surface area contributed by atoms with Crippen molar-refractivity contribution in [3.63, 3.8) is 0 Å². The lowest BCUT2D eigenvalue weighted by Crippen LogP contribution is -1.99. The van der Waals surface area contributed by atoms with Crippen molar-refractivity contribution < 1.29 is 13.6 Å². The number of benzene rings is 2. The second-order valence-electron chi connectivity index (χ2n) is 5.00. The van der Waals surface area contributed by atoms with Crippen molar-refractivity contribution in [1.82, 2.24) is 0 Å². The first-order valence-electron chi connectivity index (χ1n) is 6.76. The molecule has 0 saturated carbocycles. The zero-order valence-electron chi connectivity index (χ0n) is 11.4. The van der Waals surface area contributed by atoms with Crippen LogP contribution >= 0.6 is 0 Å². The predicted octanol–water partition coefficient (Wildman–Crippen LogP) is 4.02. The summed E-state index contributed by atoms with van der Waals surface area (Å²) < 4.78 is 10.7. The van der Waals surface area contributed by atoms with Crippen LogP contribution in [0.15, 0.2) is 68.4 Å². The number of furan rings is 1. The number of rotatable bonds is 2. The van der Waals surface area contributed by atoms with E-state index in [0.717, 1.165) is 16.5 Å². The van der Waals surface area contributed by atoms with Crippen LogP contribution in [0.4, 0.5) is 0 Å². The van der Waals surface area contributed by atoms with Crippen LogP contribution in [0.1, 0.15) is 10.4 Å². The van der Waals surface area contributed by atoms with Gasteiger partial charge in [0.1, 0.15) is 11.2 Å². The molecule has 106 valence electrons. The van der Waals surface area contributed by atoms with Gasteiger partial charge in [-0.2, -0.15) is 0 Å². The Bertz CT molecular complexity index is 1060. The second-order valence-corrected chi connectivity index (χ2v) is 5.00. The number of hydrogen-bond donors (Lipinski definition) is 0. The highest BCUT2D eigenvalue weighted by molar-refractivity contribution is 6.05. The van der Waals surface area contributed by atoms with Crippen LogP contribution in [0.2, 0.25) is 0 Å². The maximum Gasteiger partial charge on any atom is 0.336 e. The summed E-state index contributed by atoms with van der Waals surface area (Å²) in [5.74, 6) is 0. The second kappa shape index (κ2) is 4.70. The highest BCUT2D eigenvalue weighted by Crippen LogP contribution is 2.33. The van der Waals surface area contributed by atoms with E-state index in [2.05, 4.69) is 0 Å². The van der Waals surface area contributed by atoms with E-state index in [0.29, 0.717) is 28.4 Å². The molecule has 0 aliphatic rings. The van der Waals surface area contributed by atoms with Crippen LogP contribution in [0, 0.1) is 0 Å². The molecule has 4 rings (SSSR count). The molecule has 0 aliphatic carbocycles. The molecule has 0 saturated heterocycles. The molecule has 0 bridgehead atoms. The molecule has 0 atom stereocenters. The van der Waals surface area contributed by atoms with Gasteiger partial charge in [-0.25, -0.2) is 4.79 Å². The zero-order valence-corrected chi connectivity index (χ0v) is 11.4. The largest absolute Gasteiger partial charge is 0.464 e. The number of hydrogen-bond acceptors (Lipinski definition) is 4. The van der Waals surface area contributed by atoms with Crippen molar-refractivity contribution in [2.24, 2.45) is 0 Å². The minimum absolute atomic E-state index is 0.313. The first-order chi connectivity index (χ1) is 10.8. The van der Waals surface area contributed by atoms with E-state index in [1.165, 1.54) is 6.07 Å². The third-order valence-electron chi connectivity index (χ3n) is 3.68. The Morgan fingerprint density at radius 3 is 2.50 bits per heavy atom. The molecule has 4 heteroatoms. The molecular formula is C18H10O4. The molecule has 2 aromatic heterocycles. The van der Waals surface area contributed by atoms with Gasteiger partial charge in [0.05, 0.1) is 6.26 Å². The van der Waals surface area contributed by atoms with Crippen molar-refractivity contribution in [1.29, 1.82) is 0 Å². The minimum atomic E-state index is -0.552. The number of fused-ring (bicyclic) bond motifs is 2. The topological polar surface area (TPSA) is 60.4 Å². The molecule has 4 aromatic rings. The monoisotopic (exact) mass is 290 g/mol. The van der Waals surface area contributed by atoms with E-state index in [9.17, 15) is 9.59 Å². The summed E-state index contributed by atoms with van der Waals surface area (Å²) in [6.45, 7) is 0. The maximum absolute atomic E-state index is 11.5.